The number of hydrogen-bond donors (Lipinski definition) is 1. The van der Waals surface area contributed by atoms with Crippen molar-refractivity contribution in [1.29, 1.82) is 0 Å². The zero-order chi connectivity index (χ0) is 9.80. The smallest absolute Gasteiger partial charge is 0.258 e. The Bertz CT molecular complexity index is 382. The van der Waals surface area contributed by atoms with Gasteiger partial charge in [-0.3, -0.25) is 0 Å². The number of nitrogens with zero attached hydrogens (tertiary/aromatic N) is 2. The quantitative estimate of drug-likeness (QED) is 0.835. The SMILES string of the molecule is CCNCc1noc(-c2ccsc2)n1. The Morgan fingerprint density at radius 1 is 1.57 bits per heavy atom. The maximum absolute atomic E-state index is 5.11. The van der Waals surface area contributed by atoms with Gasteiger partial charge in [0.05, 0.1) is 12.1 Å². The number of aromatic nitrogens is 2. The fourth-order valence-corrected chi connectivity index (χ4v) is 1.70. The zero-order valence-corrected chi connectivity index (χ0v) is 8.67. The summed E-state index contributed by atoms with van der Waals surface area (Å²) < 4.78 is 5.11. The molecule has 0 spiro atoms. The fourth-order valence-electron chi connectivity index (χ4n) is 1.07. The lowest BCUT2D eigenvalue weighted by Gasteiger charge is -1.92. The molecule has 2 heterocycles. The molecule has 1 N–H and O–H groups in total. The van der Waals surface area contributed by atoms with Gasteiger partial charge in [0.15, 0.2) is 5.82 Å². The van der Waals surface area contributed by atoms with Gasteiger partial charge < -0.3 is 9.84 Å². The Morgan fingerprint density at radius 3 is 3.21 bits per heavy atom. The van der Waals surface area contributed by atoms with E-state index in [9.17, 15) is 0 Å². The van der Waals surface area contributed by atoms with Crippen molar-refractivity contribution in [3.8, 4) is 11.5 Å². The number of nitrogens with one attached hydrogen (secondary N) is 1. The van der Waals surface area contributed by atoms with Crippen LogP contribution in [-0.4, -0.2) is 16.7 Å². The molecule has 0 fully saturated rings. The van der Waals surface area contributed by atoms with Gasteiger partial charge in [-0.1, -0.05) is 12.1 Å². The molecule has 0 radical (unpaired) electrons. The molecule has 5 heteroatoms. The Kier molecular flexibility index (Phi) is 2.90. The normalized spacial score (nSPS) is 10.6. The highest BCUT2D eigenvalue weighted by Gasteiger charge is 2.07. The van der Waals surface area contributed by atoms with Crippen molar-refractivity contribution in [2.24, 2.45) is 0 Å². The summed E-state index contributed by atoms with van der Waals surface area (Å²) in [6.07, 6.45) is 0. The Morgan fingerprint density at radius 2 is 2.50 bits per heavy atom. The van der Waals surface area contributed by atoms with Gasteiger partial charge in [-0.15, -0.1) is 0 Å². The van der Waals surface area contributed by atoms with Crippen LogP contribution in [0.1, 0.15) is 12.7 Å². The van der Waals surface area contributed by atoms with E-state index in [-0.39, 0.29) is 0 Å². The van der Waals surface area contributed by atoms with Gasteiger partial charge in [0.1, 0.15) is 0 Å². The van der Waals surface area contributed by atoms with Gasteiger partial charge in [-0.2, -0.15) is 16.3 Å². The minimum absolute atomic E-state index is 0.596. The van der Waals surface area contributed by atoms with Gasteiger partial charge >= 0.3 is 0 Å². The van der Waals surface area contributed by atoms with Crippen molar-refractivity contribution in [3.63, 3.8) is 0 Å². The molecule has 0 bridgehead atoms. The highest BCUT2D eigenvalue weighted by Crippen LogP contribution is 2.19. The molecule has 0 atom stereocenters. The van der Waals surface area contributed by atoms with E-state index in [1.165, 1.54) is 0 Å². The van der Waals surface area contributed by atoms with E-state index in [4.69, 9.17) is 4.52 Å². The highest BCUT2D eigenvalue weighted by molar-refractivity contribution is 7.08. The molecule has 0 saturated heterocycles. The maximum atomic E-state index is 5.11. The first-order valence-corrected chi connectivity index (χ1v) is 5.40. The molecule has 2 rings (SSSR count). The molecular formula is C9H11N3OS. The molecule has 74 valence electrons. The van der Waals surface area contributed by atoms with Crippen LogP contribution >= 0.6 is 11.3 Å². The molecule has 0 unspecified atom stereocenters. The van der Waals surface area contributed by atoms with E-state index in [2.05, 4.69) is 15.5 Å². The lowest BCUT2D eigenvalue weighted by Crippen LogP contribution is -2.12. The largest absolute Gasteiger partial charge is 0.334 e. The summed E-state index contributed by atoms with van der Waals surface area (Å²) in [6.45, 7) is 3.60. The first-order valence-electron chi connectivity index (χ1n) is 4.46. The van der Waals surface area contributed by atoms with Gasteiger partial charge in [0.2, 0.25) is 0 Å². The van der Waals surface area contributed by atoms with E-state index in [0.29, 0.717) is 18.3 Å². The van der Waals surface area contributed by atoms with Crippen LogP contribution in [0.3, 0.4) is 0 Å². The summed E-state index contributed by atoms with van der Waals surface area (Å²) in [5.74, 6) is 1.30. The Balaban J connectivity index is 2.10. The topological polar surface area (TPSA) is 51.0 Å². The van der Waals surface area contributed by atoms with E-state index in [1.807, 2.05) is 23.8 Å². The molecule has 0 amide bonds. The molecule has 0 aliphatic rings. The van der Waals surface area contributed by atoms with Gasteiger partial charge in [-0.05, 0) is 18.0 Å². The van der Waals surface area contributed by atoms with E-state index < -0.39 is 0 Å². The molecule has 0 aliphatic carbocycles. The highest BCUT2D eigenvalue weighted by atomic mass is 32.1. The first-order chi connectivity index (χ1) is 6.90. The summed E-state index contributed by atoms with van der Waals surface area (Å²) in [6, 6.07) is 1.97. The van der Waals surface area contributed by atoms with Gasteiger partial charge in [-0.25, -0.2) is 0 Å². The zero-order valence-electron chi connectivity index (χ0n) is 7.86. The molecule has 0 saturated carbocycles. The third kappa shape index (κ3) is 2.00. The van der Waals surface area contributed by atoms with E-state index >= 15 is 0 Å². The molecule has 4 nitrogen and oxygen atoms in total. The molecule has 0 aliphatic heterocycles. The standard InChI is InChI=1S/C9H11N3OS/c1-2-10-5-8-11-9(13-12-8)7-3-4-14-6-7/h3-4,6,10H,2,5H2,1H3. The molecule has 0 aromatic carbocycles. The first kappa shape index (κ1) is 9.36. The average molecular weight is 209 g/mol. The summed E-state index contributed by atoms with van der Waals surface area (Å²) in [4.78, 5) is 4.26. The van der Waals surface area contributed by atoms with E-state index in [0.717, 1.165) is 12.1 Å². The molecular weight excluding hydrogens is 198 g/mol. The summed E-state index contributed by atoms with van der Waals surface area (Å²) >= 11 is 1.62. The maximum Gasteiger partial charge on any atom is 0.258 e. The second-order valence-electron chi connectivity index (χ2n) is 2.81. The lowest BCUT2D eigenvalue weighted by molar-refractivity contribution is 0.420. The summed E-state index contributed by atoms with van der Waals surface area (Å²) in [5, 5.41) is 11.0. The monoisotopic (exact) mass is 209 g/mol. The average Bonchev–Trinajstić information content (AvgIpc) is 2.85. The fraction of sp³-hybridized carbons (Fsp3) is 0.333. The van der Waals surface area contributed by atoms with Gasteiger partial charge in [0.25, 0.3) is 5.89 Å². The Hall–Kier alpha value is -1.20. The van der Waals surface area contributed by atoms with Crippen LogP contribution in [0.15, 0.2) is 21.3 Å². The molecule has 2 aromatic heterocycles. The van der Waals surface area contributed by atoms with Crippen LogP contribution in [0.25, 0.3) is 11.5 Å². The van der Waals surface area contributed by atoms with Gasteiger partial charge in [0, 0.05) is 5.38 Å². The van der Waals surface area contributed by atoms with Crippen molar-refractivity contribution >= 4 is 11.3 Å². The lowest BCUT2D eigenvalue weighted by atomic mass is 10.3. The van der Waals surface area contributed by atoms with Crippen molar-refractivity contribution in [2.75, 3.05) is 6.54 Å². The number of rotatable bonds is 4. The van der Waals surface area contributed by atoms with Crippen molar-refractivity contribution in [1.82, 2.24) is 15.5 Å². The summed E-state index contributed by atoms with van der Waals surface area (Å²) in [7, 11) is 0. The van der Waals surface area contributed by atoms with Crippen LogP contribution < -0.4 is 5.32 Å². The van der Waals surface area contributed by atoms with Crippen molar-refractivity contribution < 1.29 is 4.52 Å². The third-order valence-electron chi connectivity index (χ3n) is 1.77. The van der Waals surface area contributed by atoms with Crippen LogP contribution in [-0.2, 0) is 6.54 Å². The van der Waals surface area contributed by atoms with E-state index in [1.54, 1.807) is 11.3 Å². The van der Waals surface area contributed by atoms with Crippen molar-refractivity contribution in [3.05, 3.63) is 22.7 Å². The second-order valence-corrected chi connectivity index (χ2v) is 3.59. The van der Waals surface area contributed by atoms with Crippen LogP contribution in [0.5, 0.6) is 0 Å². The molecule has 2 aromatic rings. The minimum Gasteiger partial charge on any atom is -0.334 e. The third-order valence-corrected chi connectivity index (χ3v) is 2.45. The number of thiophene rings is 1. The Labute approximate surface area is 86.0 Å². The van der Waals surface area contributed by atoms with Crippen LogP contribution in [0, 0.1) is 0 Å². The minimum atomic E-state index is 0.596. The molecule has 14 heavy (non-hydrogen) atoms. The van der Waals surface area contributed by atoms with Crippen LogP contribution in [0.2, 0.25) is 0 Å². The van der Waals surface area contributed by atoms with Crippen LogP contribution in [0.4, 0.5) is 0 Å². The second kappa shape index (κ2) is 4.34. The number of hydrogen-bond acceptors (Lipinski definition) is 5. The predicted molar refractivity (Wildman–Crippen MR) is 55.0 cm³/mol. The van der Waals surface area contributed by atoms with Crippen molar-refractivity contribution in [2.45, 2.75) is 13.5 Å². The summed E-state index contributed by atoms with van der Waals surface area (Å²) in [5.41, 5.74) is 0.991. The predicted octanol–water partition coefficient (Wildman–Crippen LogP) is 1.91.